The molecule has 0 aromatic heterocycles. The molecule has 0 radical (unpaired) electrons. The molecule has 1 rings (SSSR count). The molecule has 1 N–H and O–H groups in total. The highest BCUT2D eigenvalue weighted by molar-refractivity contribution is 9.10. The number of nitro benzene ring substituents is 1. The average Bonchev–Trinajstić information content (AvgIpc) is 2.31. The van der Waals surface area contributed by atoms with Gasteiger partial charge in [0.05, 0.1) is 28.2 Å². The second-order valence-corrected chi connectivity index (χ2v) is 4.86. The third-order valence-electron chi connectivity index (χ3n) is 2.47. The fourth-order valence-corrected chi connectivity index (χ4v) is 1.97. The van der Waals surface area contributed by atoms with Gasteiger partial charge >= 0.3 is 0 Å². The van der Waals surface area contributed by atoms with Crippen molar-refractivity contribution in [2.24, 2.45) is 0 Å². The van der Waals surface area contributed by atoms with E-state index in [0.717, 1.165) is 6.07 Å². The molecule has 6 nitrogen and oxygen atoms in total. The lowest BCUT2D eigenvalue weighted by molar-refractivity contribution is -0.384. The summed E-state index contributed by atoms with van der Waals surface area (Å²) < 4.78 is 18.2. The molecule has 0 amide bonds. The van der Waals surface area contributed by atoms with Crippen molar-refractivity contribution >= 4 is 27.3 Å². The number of aliphatic hydroxyl groups is 1. The number of benzene rings is 1. The second kappa shape index (κ2) is 6.78. The molecule has 0 saturated heterocycles. The molecule has 19 heavy (non-hydrogen) atoms. The second-order valence-electron chi connectivity index (χ2n) is 4.00. The van der Waals surface area contributed by atoms with Crippen LogP contribution in [0.3, 0.4) is 0 Å². The molecule has 106 valence electrons. The SMILES string of the molecule is COCC(O)CN(C)c1cc(Br)c(F)cc1[N+](=O)[O-]. The number of halogens is 2. The summed E-state index contributed by atoms with van der Waals surface area (Å²) in [6, 6.07) is 2.16. The first-order chi connectivity index (χ1) is 8.86. The Morgan fingerprint density at radius 1 is 1.63 bits per heavy atom. The lowest BCUT2D eigenvalue weighted by Crippen LogP contribution is -2.32. The fourth-order valence-electron chi connectivity index (χ4n) is 1.64. The van der Waals surface area contributed by atoms with E-state index in [1.165, 1.54) is 18.1 Å². The van der Waals surface area contributed by atoms with Crippen LogP contribution >= 0.6 is 15.9 Å². The summed E-state index contributed by atoms with van der Waals surface area (Å²) >= 11 is 2.98. The molecular formula is C11H14BrFN2O4. The number of rotatable bonds is 6. The van der Waals surface area contributed by atoms with E-state index >= 15 is 0 Å². The van der Waals surface area contributed by atoms with Crippen LogP contribution in [0.4, 0.5) is 15.8 Å². The first kappa shape index (κ1) is 15.8. The summed E-state index contributed by atoms with van der Waals surface area (Å²) in [5.74, 6) is -0.707. The number of ether oxygens (including phenoxy) is 1. The zero-order chi connectivity index (χ0) is 14.6. The van der Waals surface area contributed by atoms with Gasteiger partial charge in [0.15, 0.2) is 0 Å². The molecule has 1 aromatic carbocycles. The Labute approximate surface area is 118 Å². The molecule has 8 heteroatoms. The van der Waals surface area contributed by atoms with Gasteiger partial charge in [0.1, 0.15) is 11.5 Å². The Balaban J connectivity index is 3.04. The van der Waals surface area contributed by atoms with E-state index in [-0.39, 0.29) is 29.0 Å². The molecule has 0 aliphatic carbocycles. The Morgan fingerprint density at radius 3 is 2.79 bits per heavy atom. The molecule has 1 aromatic rings. The highest BCUT2D eigenvalue weighted by Gasteiger charge is 2.21. The van der Waals surface area contributed by atoms with E-state index in [2.05, 4.69) is 15.9 Å². The number of hydrogen-bond acceptors (Lipinski definition) is 5. The van der Waals surface area contributed by atoms with E-state index in [4.69, 9.17) is 4.74 Å². The summed E-state index contributed by atoms with van der Waals surface area (Å²) in [7, 11) is 3.02. The van der Waals surface area contributed by atoms with Crippen molar-refractivity contribution in [1.29, 1.82) is 0 Å². The number of aliphatic hydroxyl groups excluding tert-OH is 1. The lowest BCUT2D eigenvalue weighted by Gasteiger charge is -2.22. The maximum atomic E-state index is 13.3. The quantitative estimate of drug-likeness (QED) is 0.634. The van der Waals surface area contributed by atoms with Gasteiger partial charge in [-0.05, 0) is 22.0 Å². The first-order valence-electron chi connectivity index (χ1n) is 5.38. The van der Waals surface area contributed by atoms with Crippen molar-refractivity contribution in [3.8, 4) is 0 Å². The minimum atomic E-state index is -0.793. The number of nitro groups is 1. The summed E-state index contributed by atoms with van der Waals surface area (Å²) in [5, 5.41) is 20.5. The van der Waals surface area contributed by atoms with Crippen LogP contribution in [0.15, 0.2) is 16.6 Å². The van der Waals surface area contributed by atoms with Gasteiger partial charge in [0, 0.05) is 20.7 Å². The Bertz CT molecular complexity index is 472. The van der Waals surface area contributed by atoms with Crippen LogP contribution < -0.4 is 4.90 Å². The predicted octanol–water partition coefficient (Wildman–Crippen LogP) is 1.94. The number of nitrogens with zero attached hydrogens (tertiary/aromatic N) is 2. The molecule has 0 aliphatic heterocycles. The molecule has 0 bridgehead atoms. The van der Waals surface area contributed by atoms with Gasteiger partial charge in [-0.15, -0.1) is 0 Å². The maximum absolute atomic E-state index is 13.3. The smallest absolute Gasteiger partial charge is 0.295 e. The monoisotopic (exact) mass is 336 g/mol. The van der Waals surface area contributed by atoms with Gasteiger partial charge in [0.25, 0.3) is 5.69 Å². The number of methoxy groups -OCH3 is 1. The van der Waals surface area contributed by atoms with E-state index in [1.54, 1.807) is 7.05 Å². The fraction of sp³-hybridized carbons (Fsp3) is 0.455. The predicted molar refractivity (Wildman–Crippen MR) is 71.9 cm³/mol. The Kier molecular flexibility index (Phi) is 5.64. The van der Waals surface area contributed by atoms with E-state index in [9.17, 15) is 19.6 Å². The molecule has 0 aliphatic rings. The Hall–Kier alpha value is -1.25. The van der Waals surface area contributed by atoms with Crippen molar-refractivity contribution in [3.05, 3.63) is 32.5 Å². The zero-order valence-corrected chi connectivity index (χ0v) is 12.1. The van der Waals surface area contributed by atoms with Crippen molar-refractivity contribution < 1.29 is 19.2 Å². The number of likely N-dealkylation sites (N-methyl/N-ethyl adjacent to an activating group) is 1. The summed E-state index contributed by atoms with van der Waals surface area (Å²) in [6.45, 7) is 0.243. The maximum Gasteiger partial charge on any atom is 0.295 e. The van der Waals surface area contributed by atoms with Crippen LogP contribution in [0.5, 0.6) is 0 Å². The average molecular weight is 337 g/mol. The van der Waals surface area contributed by atoms with E-state index in [0.29, 0.717) is 0 Å². The molecule has 0 saturated carbocycles. The van der Waals surface area contributed by atoms with Crippen molar-refractivity contribution in [1.82, 2.24) is 0 Å². The Morgan fingerprint density at radius 2 is 2.26 bits per heavy atom. The minimum Gasteiger partial charge on any atom is -0.389 e. The summed E-state index contributed by atoms with van der Waals surface area (Å²) in [6.07, 6.45) is -0.793. The van der Waals surface area contributed by atoms with Gasteiger partial charge < -0.3 is 14.7 Å². The molecule has 0 heterocycles. The third kappa shape index (κ3) is 4.12. The van der Waals surface area contributed by atoms with Gasteiger partial charge in [-0.3, -0.25) is 10.1 Å². The molecule has 1 unspecified atom stereocenters. The van der Waals surface area contributed by atoms with E-state index in [1.807, 2.05) is 0 Å². The zero-order valence-electron chi connectivity index (χ0n) is 10.5. The van der Waals surface area contributed by atoms with Gasteiger partial charge in [0.2, 0.25) is 0 Å². The third-order valence-corrected chi connectivity index (χ3v) is 3.08. The van der Waals surface area contributed by atoms with E-state index < -0.39 is 16.8 Å². The van der Waals surface area contributed by atoms with Crippen LogP contribution in [0, 0.1) is 15.9 Å². The van der Waals surface area contributed by atoms with Crippen molar-refractivity contribution in [2.45, 2.75) is 6.10 Å². The van der Waals surface area contributed by atoms with Crippen molar-refractivity contribution in [3.63, 3.8) is 0 Å². The van der Waals surface area contributed by atoms with Crippen LogP contribution in [0.25, 0.3) is 0 Å². The van der Waals surface area contributed by atoms with Crippen LogP contribution in [-0.2, 0) is 4.74 Å². The number of anilines is 1. The highest BCUT2D eigenvalue weighted by atomic mass is 79.9. The molecule has 0 spiro atoms. The number of hydrogen-bond donors (Lipinski definition) is 1. The summed E-state index contributed by atoms with van der Waals surface area (Å²) in [4.78, 5) is 11.7. The van der Waals surface area contributed by atoms with Crippen LogP contribution in [0.2, 0.25) is 0 Å². The minimum absolute atomic E-state index is 0.112. The van der Waals surface area contributed by atoms with Gasteiger partial charge in [-0.1, -0.05) is 0 Å². The standard InChI is InChI=1S/C11H14BrFN2O4/c1-14(5-7(16)6-19-2)10-3-8(12)9(13)4-11(10)15(17)18/h3-4,7,16H,5-6H2,1-2H3. The van der Waals surface area contributed by atoms with Crippen LogP contribution in [-0.4, -0.2) is 43.4 Å². The highest BCUT2D eigenvalue weighted by Crippen LogP contribution is 2.32. The van der Waals surface area contributed by atoms with Crippen molar-refractivity contribution in [2.75, 3.05) is 32.2 Å². The topological polar surface area (TPSA) is 75.8 Å². The normalized spacial score (nSPS) is 12.3. The van der Waals surface area contributed by atoms with Gasteiger partial charge in [-0.2, -0.15) is 0 Å². The van der Waals surface area contributed by atoms with Gasteiger partial charge in [-0.25, -0.2) is 4.39 Å². The summed E-state index contributed by atoms with van der Waals surface area (Å²) in [5.41, 5.74) is -0.138. The largest absolute Gasteiger partial charge is 0.389 e. The lowest BCUT2D eigenvalue weighted by atomic mass is 10.2. The molecular weight excluding hydrogens is 323 g/mol. The molecule has 0 fully saturated rings. The molecule has 1 atom stereocenters. The first-order valence-corrected chi connectivity index (χ1v) is 6.17. The van der Waals surface area contributed by atoms with Crippen LogP contribution in [0.1, 0.15) is 0 Å².